The van der Waals surface area contributed by atoms with Crippen molar-refractivity contribution < 1.29 is 23.4 Å². The Labute approximate surface area is 234 Å². The molecule has 3 aliphatic rings. The lowest BCUT2D eigenvalue weighted by Gasteiger charge is -2.49. The quantitative estimate of drug-likeness (QED) is 0.331. The van der Waals surface area contributed by atoms with Crippen molar-refractivity contribution in [2.45, 2.75) is 77.4 Å². The largest absolute Gasteiger partial charge is 0.403 e. The summed E-state index contributed by atoms with van der Waals surface area (Å²) in [4.78, 5) is 13.5. The van der Waals surface area contributed by atoms with Crippen molar-refractivity contribution in [3.8, 4) is 0 Å². The van der Waals surface area contributed by atoms with E-state index in [9.17, 15) is 4.79 Å². The van der Waals surface area contributed by atoms with Gasteiger partial charge in [0.25, 0.3) is 8.32 Å². The van der Waals surface area contributed by atoms with Crippen molar-refractivity contribution in [1.82, 2.24) is 0 Å². The summed E-state index contributed by atoms with van der Waals surface area (Å²) < 4.78 is 26.7. The molecule has 2 fully saturated rings. The molecule has 0 unspecified atom stereocenters. The fraction of sp³-hybridized carbons (Fsp3) is 0.485. The number of carbonyl (C=O) groups excluding carboxylic acids is 1. The standard InChI is InChI=1S/C33H42O5Si/c1-7-16-26-27(33(30-29(38-30)28(26)34)35-22-32(8-2,9-3)23-36-33)21-37-39(31(4,5)6,24-17-12-10-13-18-24)25-19-14-11-15-20-25/h7,10-20,29-30H,8-9,21-23H2,1-6H3/b16-7+/t29-,30-/m0/s1. The van der Waals surface area contributed by atoms with E-state index in [1.165, 1.54) is 10.4 Å². The fourth-order valence-corrected chi connectivity index (χ4v) is 10.8. The zero-order valence-corrected chi connectivity index (χ0v) is 25.2. The molecule has 5 nitrogen and oxygen atoms in total. The SMILES string of the molecule is C/C=C/C1=C(CO[Si](c2ccccc2)(c2ccccc2)C(C)(C)C)C2(OCC(CC)(CC)CO2)[C@H]2O[C@H]2C1=O. The molecule has 5 rings (SSSR count). The van der Waals surface area contributed by atoms with Crippen molar-refractivity contribution in [2.24, 2.45) is 5.41 Å². The van der Waals surface area contributed by atoms with Crippen LogP contribution in [0.15, 0.2) is 84.0 Å². The number of rotatable bonds is 8. The molecule has 2 saturated heterocycles. The number of allylic oxidation sites excluding steroid dienone is 2. The Morgan fingerprint density at radius 1 is 0.949 bits per heavy atom. The van der Waals surface area contributed by atoms with Gasteiger partial charge in [-0.25, -0.2) is 0 Å². The predicted molar refractivity (Wildman–Crippen MR) is 157 cm³/mol. The van der Waals surface area contributed by atoms with Crippen molar-refractivity contribution in [1.29, 1.82) is 0 Å². The lowest BCUT2D eigenvalue weighted by molar-refractivity contribution is -0.294. The maximum atomic E-state index is 13.5. The van der Waals surface area contributed by atoms with Crippen molar-refractivity contribution in [2.75, 3.05) is 19.8 Å². The molecule has 0 radical (unpaired) electrons. The normalized spacial score (nSPS) is 24.3. The van der Waals surface area contributed by atoms with E-state index in [0.29, 0.717) is 18.8 Å². The van der Waals surface area contributed by atoms with Gasteiger partial charge in [-0.1, -0.05) is 107 Å². The van der Waals surface area contributed by atoms with Gasteiger partial charge >= 0.3 is 0 Å². The third-order valence-electron chi connectivity index (χ3n) is 9.00. The van der Waals surface area contributed by atoms with Gasteiger partial charge in [0.1, 0.15) is 0 Å². The van der Waals surface area contributed by atoms with Crippen LogP contribution in [0.4, 0.5) is 0 Å². The first-order valence-corrected chi connectivity index (χ1v) is 16.2. The van der Waals surface area contributed by atoms with Crippen molar-refractivity contribution in [3.05, 3.63) is 84.0 Å². The molecule has 2 aromatic carbocycles. The molecule has 39 heavy (non-hydrogen) atoms. The number of hydrogen-bond donors (Lipinski definition) is 0. The first-order chi connectivity index (χ1) is 18.7. The summed E-state index contributed by atoms with van der Waals surface area (Å²) in [6, 6.07) is 21.1. The molecule has 2 aliphatic heterocycles. The summed E-state index contributed by atoms with van der Waals surface area (Å²) in [7, 11) is -2.86. The second-order valence-corrected chi connectivity index (χ2v) is 16.4. The molecule has 1 spiro atoms. The Kier molecular flexibility index (Phi) is 7.63. The van der Waals surface area contributed by atoms with Crippen LogP contribution >= 0.6 is 0 Å². The number of Topliss-reactive ketones (excluding diaryl/α,β-unsaturated/α-hetero) is 1. The monoisotopic (exact) mass is 546 g/mol. The molecule has 0 saturated carbocycles. The molecule has 0 N–H and O–H groups in total. The van der Waals surface area contributed by atoms with Gasteiger partial charge in [-0.3, -0.25) is 4.79 Å². The van der Waals surface area contributed by atoms with Crippen LogP contribution in [0.25, 0.3) is 0 Å². The van der Waals surface area contributed by atoms with Gasteiger partial charge in [0.05, 0.1) is 19.8 Å². The highest BCUT2D eigenvalue weighted by Crippen LogP contribution is 2.52. The minimum Gasteiger partial charge on any atom is -0.403 e. The molecule has 2 aromatic rings. The third kappa shape index (κ3) is 4.60. The lowest BCUT2D eigenvalue weighted by Crippen LogP contribution is -2.67. The highest BCUT2D eigenvalue weighted by Gasteiger charge is 2.68. The van der Waals surface area contributed by atoms with Crippen LogP contribution in [0.2, 0.25) is 5.04 Å². The fourth-order valence-electron chi connectivity index (χ4n) is 6.33. The molecule has 6 heteroatoms. The van der Waals surface area contributed by atoms with Gasteiger partial charge in [-0.15, -0.1) is 0 Å². The summed E-state index contributed by atoms with van der Waals surface area (Å²) in [5, 5.41) is 2.18. The van der Waals surface area contributed by atoms with Gasteiger partial charge in [-0.05, 0) is 35.2 Å². The number of ketones is 1. The zero-order valence-electron chi connectivity index (χ0n) is 24.2. The average molecular weight is 547 g/mol. The van der Waals surface area contributed by atoms with Crippen LogP contribution in [-0.2, 0) is 23.4 Å². The summed E-state index contributed by atoms with van der Waals surface area (Å²) in [6.45, 7) is 14.4. The maximum Gasteiger partial charge on any atom is 0.261 e. The van der Waals surface area contributed by atoms with E-state index in [-0.39, 0.29) is 22.8 Å². The first-order valence-electron chi connectivity index (χ1n) is 14.3. The Bertz CT molecular complexity index is 1190. The summed E-state index contributed by atoms with van der Waals surface area (Å²) in [5.74, 6) is -1.13. The van der Waals surface area contributed by atoms with Crippen LogP contribution < -0.4 is 10.4 Å². The molecular formula is C33H42O5Si. The Hall–Kier alpha value is -2.35. The molecular weight excluding hydrogens is 504 g/mol. The van der Waals surface area contributed by atoms with Crippen molar-refractivity contribution >= 4 is 24.5 Å². The zero-order chi connectivity index (χ0) is 27.9. The van der Waals surface area contributed by atoms with E-state index in [2.05, 4.69) is 83.1 Å². The van der Waals surface area contributed by atoms with Gasteiger partial charge in [0.15, 0.2) is 18.0 Å². The minimum absolute atomic E-state index is 0.0141. The molecule has 0 aromatic heterocycles. The third-order valence-corrected chi connectivity index (χ3v) is 14.0. The van der Waals surface area contributed by atoms with E-state index in [1.54, 1.807) is 0 Å². The van der Waals surface area contributed by atoms with Crippen molar-refractivity contribution in [3.63, 3.8) is 0 Å². The molecule has 2 atom stereocenters. The number of carbonyl (C=O) groups is 1. The minimum atomic E-state index is -2.86. The van der Waals surface area contributed by atoms with E-state index < -0.39 is 26.3 Å². The van der Waals surface area contributed by atoms with E-state index in [0.717, 1.165) is 18.4 Å². The summed E-state index contributed by atoms with van der Waals surface area (Å²) in [6.07, 6.45) is 4.74. The average Bonchev–Trinajstić information content (AvgIpc) is 3.77. The van der Waals surface area contributed by atoms with Gasteiger partial charge in [-0.2, -0.15) is 0 Å². The Morgan fingerprint density at radius 3 is 1.95 bits per heavy atom. The molecule has 2 heterocycles. The number of fused-ring (bicyclic) bond motifs is 2. The van der Waals surface area contributed by atoms with E-state index >= 15 is 0 Å². The summed E-state index contributed by atoms with van der Waals surface area (Å²) >= 11 is 0. The molecule has 1 aliphatic carbocycles. The lowest BCUT2D eigenvalue weighted by atomic mass is 9.80. The number of ether oxygens (including phenoxy) is 3. The molecule has 208 valence electrons. The van der Waals surface area contributed by atoms with Gasteiger partial charge in [0, 0.05) is 16.6 Å². The molecule has 0 bridgehead atoms. The number of epoxide rings is 1. The highest BCUT2D eigenvalue weighted by molar-refractivity contribution is 6.99. The number of benzene rings is 2. The first kappa shape index (κ1) is 28.2. The van der Waals surface area contributed by atoms with Gasteiger partial charge < -0.3 is 18.6 Å². The summed E-state index contributed by atoms with van der Waals surface area (Å²) in [5.41, 5.74) is 1.30. The van der Waals surface area contributed by atoms with Crippen LogP contribution in [0.3, 0.4) is 0 Å². The smallest absolute Gasteiger partial charge is 0.261 e. The van der Waals surface area contributed by atoms with Crippen LogP contribution in [0, 0.1) is 5.41 Å². The topological polar surface area (TPSA) is 57.3 Å². The molecule has 0 amide bonds. The van der Waals surface area contributed by atoms with Gasteiger partial charge in [0.2, 0.25) is 5.79 Å². The maximum absolute atomic E-state index is 13.5. The predicted octanol–water partition coefficient (Wildman–Crippen LogP) is 5.34. The second-order valence-electron chi connectivity index (χ2n) is 12.1. The highest BCUT2D eigenvalue weighted by atomic mass is 28.4. The number of hydrogen-bond acceptors (Lipinski definition) is 5. The van der Waals surface area contributed by atoms with E-state index in [4.69, 9.17) is 18.6 Å². The van der Waals surface area contributed by atoms with Crippen LogP contribution in [0.1, 0.15) is 54.4 Å². The van der Waals surface area contributed by atoms with Crippen LogP contribution in [0.5, 0.6) is 0 Å². The second kappa shape index (κ2) is 10.6. The van der Waals surface area contributed by atoms with Crippen LogP contribution in [-0.4, -0.2) is 51.9 Å². The Morgan fingerprint density at radius 2 is 1.49 bits per heavy atom. The Balaban J connectivity index is 1.62. The van der Waals surface area contributed by atoms with E-state index in [1.807, 2.05) is 31.2 Å².